The van der Waals surface area contributed by atoms with Crippen LogP contribution in [0.5, 0.6) is 0 Å². The van der Waals surface area contributed by atoms with Crippen LogP contribution in [0.4, 0.5) is 5.82 Å². The summed E-state index contributed by atoms with van der Waals surface area (Å²) in [6, 6.07) is 10.2. The van der Waals surface area contributed by atoms with Crippen molar-refractivity contribution >= 4 is 23.4 Å². The van der Waals surface area contributed by atoms with E-state index in [1.807, 2.05) is 35.2 Å². The Morgan fingerprint density at radius 2 is 1.86 bits per heavy atom. The fourth-order valence-corrected chi connectivity index (χ4v) is 4.48. The number of rotatable bonds is 6. The highest BCUT2D eigenvalue weighted by molar-refractivity contribution is 5.79. The van der Waals surface area contributed by atoms with Crippen LogP contribution >= 0.6 is 0 Å². The third-order valence-electron chi connectivity index (χ3n) is 6.50. The number of hydrogen-bond donors (Lipinski definition) is 2. The Morgan fingerprint density at radius 3 is 2.51 bits per heavy atom. The molecule has 0 bridgehead atoms. The topological polar surface area (TPSA) is 114 Å². The molecule has 178 valence electrons. The van der Waals surface area contributed by atoms with Gasteiger partial charge in [0, 0.05) is 67.2 Å². The van der Waals surface area contributed by atoms with E-state index < -0.39 is 0 Å². The van der Waals surface area contributed by atoms with Crippen molar-refractivity contribution in [3.63, 3.8) is 0 Å². The molecule has 0 radical (unpaired) electrons. The number of likely N-dealkylation sites (tertiary alicyclic amines) is 1. The van der Waals surface area contributed by atoms with E-state index in [2.05, 4.69) is 27.0 Å². The summed E-state index contributed by atoms with van der Waals surface area (Å²) in [4.78, 5) is 27.5. The van der Waals surface area contributed by atoms with E-state index in [1.165, 1.54) is 0 Å². The molecule has 0 aliphatic carbocycles. The summed E-state index contributed by atoms with van der Waals surface area (Å²) in [5, 5.41) is 8.05. The van der Waals surface area contributed by atoms with Gasteiger partial charge in [-0.1, -0.05) is 43.0 Å². The first kappa shape index (κ1) is 22.7. The van der Waals surface area contributed by atoms with E-state index in [4.69, 9.17) is 10.7 Å². The van der Waals surface area contributed by atoms with Crippen molar-refractivity contribution in [3.05, 3.63) is 66.8 Å². The lowest BCUT2D eigenvalue weighted by Gasteiger charge is -2.31. The molecule has 9 heteroatoms. The molecule has 4 aromatic rings. The third-order valence-corrected chi connectivity index (χ3v) is 6.50. The molecule has 4 heterocycles. The summed E-state index contributed by atoms with van der Waals surface area (Å²) in [5.74, 6) is 1.28. The van der Waals surface area contributed by atoms with Gasteiger partial charge in [0.25, 0.3) is 0 Å². The van der Waals surface area contributed by atoms with E-state index in [0.29, 0.717) is 29.9 Å². The minimum absolute atomic E-state index is 0.131. The zero-order chi connectivity index (χ0) is 24.4. The number of nitrogen functional groups attached to an aromatic ring is 1. The van der Waals surface area contributed by atoms with Crippen LogP contribution in [0.2, 0.25) is 0 Å². The van der Waals surface area contributed by atoms with Crippen LogP contribution in [0.25, 0.3) is 34.2 Å². The summed E-state index contributed by atoms with van der Waals surface area (Å²) >= 11 is 0. The van der Waals surface area contributed by atoms with Gasteiger partial charge in [-0.3, -0.25) is 4.79 Å². The number of carbonyl (C=O) groups excluding carboxylic acids is 1. The first-order valence-corrected chi connectivity index (χ1v) is 11.7. The van der Waals surface area contributed by atoms with Crippen molar-refractivity contribution in [2.24, 2.45) is 0 Å². The minimum atomic E-state index is 0.131. The average molecular weight is 469 g/mol. The number of nitrogens with one attached hydrogen (secondary N) is 1. The van der Waals surface area contributed by atoms with Crippen LogP contribution < -0.4 is 11.1 Å². The maximum absolute atomic E-state index is 11.6. The Morgan fingerprint density at radius 1 is 1.14 bits per heavy atom. The van der Waals surface area contributed by atoms with E-state index in [-0.39, 0.29) is 5.91 Å². The lowest BCUT2D eigenvalue weighted by molar-refractivity contribution is -0.129. The monoisotopic (exact) mass is 468 g/mol. The molecule has 35 heavy (non-hydrogen) atoms. The Kier molecular flexibility index (Phi) is 6.24. The largest absolute Gasteiger partial charge is 0.383 e. The maximum Gasteiger partial charge on any atom is 0.219 e. The summed E-state index contributed by atoms with van der Waals surface area (Å²) < 4.78 is 1.63. The zero-order valence-electron chi connectivity index (χ0n) is 19.7. The van der Waals surface area contributed by atoms with Gasteiger partial charge in [0.1, 0.15) is 5.82 Å². The average Bonchev–Trinajstić information content (AvgIpc) is 3.32. The molecular formula is C26H28N8O. The van der Waals surface area contributed by atoms with Crippen LogP contribution in [0, 0.1) is 0 Å². The quantitative estimate of drug-likeness (QED) is 0.447. The predicted molar refractivity (Wildman–Crippen MR) is 136 cm³/mol. The van der Waals surface area contributed by atoms with Gasteiger partial charge >= 0.3 is 0 Å². The van der Waals surface area contributed by atoms with Crippen LogP contribution in [0.1, 0.15) is 31.0 Å². The van der Waals surface area contributed by atoms with Gasteiger partial charge in [0.05, 0.1) is 11.9 Å². The smallest absolute Gasteiger partial charge is 0.219 e. The van der Waals surface area contributed by atoms with Gasteiger partial charge < -0.3 is 16.0 Å². The molecule has 1 aliphatic heterocycles. The zero-order valence-corrected chi connectivity index (χ0v) is 19.7. The highest BCUT2D eigenvalue weighted by Crippen LogP contribution is 2.28. The molecule has 1 aliphatic rings. The molecule has 1 amide bonds. The first-order valence-electron chi connectivity index (χ1n) is 11.7. The van der Waals surface area contributed by atoms with Crippen molar-refractivity contribution in [1.29, 1.82) is 0 Å². The second kappa shape index (κ2) is 9.63. The Hall–Kier alpha value is -4.11. The number of fused-ring (bicyclic) bond motifs is 1. The molecule has 1 fully saturated rings. The molecule has 1 saturated heterocycles. The number of hydrogen-bond acceptors (Lipinski definition) is 7. The molecule has 0 saturated carbocycles. The summed E-state index contributed by atoms with van der Waals surface area (Å²) in [6.07, 6.45) is 8.84. The number of amides is 1. The van der Waals surface area contributed by atoms with Crippen molar-refractivity contribution < 1.29 is 4.79 Å². The number of benzene rings is 1. The highest BCUT2D eigenvalue weighted by atomic mass is 16.2. The minimum Gasteiger partial charge on any atom is -0.383 e. The van der Waals surface area contributed by atoms with Crippen LogP contribution in [0.15, 0.2) is 55.5 Å². The number of nitrogens with two attached hydrogens (primary N) is 1. The van der Waals surface area contributed by atoms with Gasteiger partial charge in [0.2, 0.25) is 5.91 Å². The summed E-state index contributed by atoms with van der Waals surface area (Å²) in [7, 11) is 0. The molecule has 0 spiro atoms. The molecule has 9 nitrogen and oxygen atoms in total. The van der Waals surface area contributed by atoms with Gasteiger partial charge in [-0.25, -0.2) is 15.0 Å². The fraction of sp³-hybridized carbons (Fsp3) is 0.269. The first-order chi connectivity index (χ1) is 17.0. The number of nitrogens with zero attached hydrogens (tertiary/aromatic N) is 6. The second-order valence-corrected chi connectivity index (χ2v) is 8.68. The van der Waals surface area contributed by atoms with Gasteiger partial charge in [0.15, 0.2) is 11.5 Å². The van der Waals surface area contributed by atoms with Crippen molar-refractivity contribution in [3.8, 4) is 22.5 Å². The number of piperidine rings is 1. The van der Waals surface area contributed by atoms with E-state index >= 15 is 0 Å². The molecule has 0 atom stereocenters. The normalized spacial score (nSPS) is 14.4. The Labute approximate surface area is 203 Å². The number of carbonyl (C=O) groups is 1. The summed E-state index contributed by atoms with van der Waals surface area (Å²) in [6.45, 7) is 7.63. The van der Waals surface area contributed by atoms with Crippen LogP contribution in [0.3, 0.4) is 0 Å². The number of anilines is 1. The van der Waals surface area contributed by atoms with Crippen molar-refractivity contribution in [2.75, 3.05) is 18.8 Å². The Bertz CT molecular complexity index is 1360. The fourth-order valence-electron chi connectivity index (χ4n) is 4.48. The van der Waals surface area contributed by atoms with Crippen molar-refractivity contribution in [2.45, 2.75) is 32.4 Å². The lowest BCUT2D eigenvalue weighted by Crippen LogP contribution is -2.44. The van der Waals surface area contributed by atoms with E-state index in [1.54, 1.807) is 36.1 Å². The van der Waals surface area contributed by atoms with Crippen LogP contribution in [-0.2, 0) is 11.3 Å². The maximum atomic E-state index is 11.6. The molecular weight excluding hydrogens is 440 g/mol. The third kappa shape index (κ3) is 4.50. The second-order valence-electron chi connectivity index (χ2n) is 8.68. The lowest BCUT2D eigenvalue weighted by atomic mass is 10.0. The van der Waals surface area contributed by atoms with Gasteiger partial charge in [-0.15, -0.1) is 0 Å². The van der Waals surface area contributed by atoms with E-state index in [9.17, 15) is 4.79 Å². The molecule has 0 unspecified atom stereocenters. The van der Waals surface area contributed by atoms with Gasteiger partial charge in [-0.05, 0) is 12.8 Å². The highest BCUT2D eigenvalue weighted by Gasteiger charge is 2.22. The predicted octanol–water partition coefficient (Wildman–Crippen LogP) is 3.18. The molecule has 3 aromatic heterocycles. The standard InChI is InChI=1S/C26H28N8O/c1-3-21-23(16-28-20-9-11-33(12-10-20)17(2)35)32-26-22(15-31-34(26)24(21)27)19-13-29-25(30-14-19)18-7-5-4-6-8-18/h3-8,13-15,20,28H,1,9-12,16,27H2,2H3. The summed E-state index contributed by atoms with van der Waals surface area (Å²) in [5.41, 5.74) is 11.3. The SMILES string of the molecule is C=Cc1c(CNC2CCN(C(C)=O)CC2)nc2c(-c3cnc(-c4ccccc4)nc3)cnn2c1N. The van der Waals surface area contributed by atoms with Gasteiger partial charge in [-0.2, -0.15) is 9.61 Å². The van der Waals surface area contributed by atoms with Crippen molar-refractivity contribution in [1.82, 2.24) is 34.8 Å². The molecule has 5 rings (SSSR count). The van der Waals surface area contributed by atoms with E-state index in [0.717, 1.165) is 53.9 Å². The molecule has 1 aromatic carbocycles. The number of aromatic nitrogens is 5. The van der Waals surface area contributed by atoms with Crippen LogP contribution in [-0.4, -0.2) is 54.5 Å². The molecule has 3 N–H and O–H groups in total. The Balaban J connectivity index is 1.41.